The third-order valence-electron chi connectivity index (χ3n) is 4.52. The fourth-order valence-electron chi connectivity index (χ4n) is 2.98. The van der Waals surface area contributed by atoms with Crippen LogP contribution in [0, 0.1) is 7.14 Å². The van der Waals surface area contributed by atoms with Crippen LogP contribution >= 0.6 is 61.1 Å². The summed E-state index contributed by atoms with van der Waals surface area (Å²) in [5, 5.41) is 4.97. The number of carbonyl (C=O) groups is 1. The number of rotatable bonds is 7. The van der Waals surface area contributed by atoms with E-state index in [9.17, 15) is 9.59 Å². The maximum atomic E-state index is 13.1. The maximum Gasteiger partial charge on any atom is 0.346 e. The summed E-state index contributed by atoms with van der Waals surface area (Å²) in [5.74, 6) is 0.766. The average Bonchev–Trinajstić information content (AvgIpc) is 2.76. The third kappa shape index (κ3) is 5.68. The smallest absolute Gasteiger partial charge is 0.346 e. The van der Waals surface area contributed by atoms with Crippen LogP contribution in [0.25, 0.3) is 10.9 Å². The first-order valence-corrected chi connectivity index (χ1v) is 12.7. The molecule has 0 unspecified atom stereocenters. The van der Waals surface area contributed by atoms with Crippen molar-refractivity contribution in [1.82, 2.24) is 9.66 Å². The molecule has 0 radical (unpaired) electrons. The monoisotopic (exact) mass is 723 g/mol. The minimum Gasteiger partial charge on any atom is -0.477 e. The lowest BCUT2D eigenvalue weighted by atomic mass is 10.2. The Morgan fingerprint density at radius 1 is 1.28 bits per heavy atom. The Labute approximate surface area is 221 Å². The Balaban J connectivity index is 2.00. The highest BCUT2D eigenvalue weighted by Crippen LogP contribution is 2.29. The molecule has 10 heteroatoms. The van der Waals surface area contributed by atoms with E-state index in [1.807, 2.05) is 31.2 Å². The van der Waals surface area contributed by atoms with Crippen molar-refractivity contribution < 1.29 is 14.3 Å². The summed E-state index contributed by atoms with van der Waals surface area (Å²) in [6.07, 6.45) is 2.37. The minimum absolute atomic E-state index is 0.216. The topological polar surface area (TPSA) is 82.8 Å². The van der Waals surface area contributed by atoms with Crippen molar-refractivity contribution in [3.05, 3.63) is 63.7 Å². The van der Waals surface area contributed by atoms with Crippen LogP contribution in [0.4, 0.5) is 0 Å². The molecule has 1 heterocycles. The van der Waals surface area contributed by atoms with Crippen molar-refractivity contribution in [3.8, 4) is 5.75 Å². The molecule has 0 amide bonds. The molecule has 0 spiro atoms. The van der Waals surface area contributed by atoms with E-state index in [2.05, 4.69) is 71.2 Å². The summed E-state index contributed by atoms with van der Waals surface area (Å²) in [4.78, 5) is 29.4. The molecule has 32 heavy (non-hydrogen) atoms. The van der Waals surface area contributed by atoms with E-state index in [0.29, 0.717) is 28.9 Å². The van der Waals surface area contributed by atoms with Crippen LogP contribution in [0.1, 0.15) is 31.7 Å². The highest BCUT2D eigenvalue weighted by molar-refractivity contribution is 14.1. The second-order valence-electron chi connectivity index (χ2n) is 6.90. The SMILES string of the molecule is CCCc1nc2ccc(Br)cc2c(=O)n1N=Cc1cc(I)c(O[C@@H](C)C(=O)OC)c(I)c1. The van der Waals surface area contributed by atoms with Crippen LogP contribution in [0.3, 0.4) is 0 Å². The van der Waals surface area contributed by atoms with Crippen LogP contribution in [0.2, 0.25) is 0 Å². The van der Waals surface area contributed by atoms with Crippen LogP contribution in [-0.2, 0) is 16.0 Å². The Morgan fingerprint density at radius 3 is 2.59 bits per heavy atom. The van der Waals surface area contributed by atoms with Gasteiger partial charge in [0.15, 0.2) is 6.10 Å². The summed E-state index contributed by atoms with van der Waals surface area (Å²) in [6, 6.07) is 9.20. The van der Waals surface area contributed by atoms with Crippen LogP contribution in [0.5, 0.6) is 5.75 Å². The Bertz CT molecular complexity index is 1240. The van der Waals surface area contributed by atoms with Crippen LogP contribution in [0.15, 0.2) is 44.7 Å². The Hall–Kier alpha value is -1.54. The van der Waals surface area contributed by atoms with Gasteiger partial charge in [-0.3, -0.25) is 4.79 Å². The molecule has 3 rings (SSSR count). The number of fused-ring (bicyclic) bond motifs is 1. The Kier molecular flexibility index (Phi) is 8.67. The molecular formula is C22H20BrI2N3O4. The van der Waals surface area contributed by atoms with Gasteiger partial charge >= 0.3 is 5.97 Å². The second kappa shape index (κ2) is 11.1. The zero-order valence-corrected chi connectivity index (χ0v) is 23.5. The van der Waals surface area contributed by atoms with Gasteiger partial charge in [0.1, 0.15) is 11.6 Å². The summed E-state index contributed by atoms with van der Waals surface area (Å²) >= 11 is 7.71. The molecule has 2 aromatic carbocycles. The van der Waals surface area contributed by atoms with Crippen LogP contribution in [-0.4, -0.2) is 35.1 Å². The normalized spacial score (nSPS) is 12.3. The summed E-state index contributed by atoms with van der Waals surface area (Å²) in [7, 11) is 1.33. The minimum atomic E-state index is -0.722. The third-order valence-corrected chi connectivity index (χ3v) is 6.62. The number of nitrogens with zero attached hydrogens (tertiary/aromatic N) is 3. The molecule has 3 aromatic rings. The molecule has 0 N–H and O–H groups in total. The summed E-state index contributed by atoms with van der Waals surface area (Å²) in [6.45, 7) is 3.67. The van der Waals surface area contributed by atoms with Gasteiger partial charge in [-0.15, -0.1) is 0 Å². The number of benzene rings is 2. The molecule has 0 saturated heterocycles. The summed E-state index contributed by atoms with van der Waals surface area (Å²) < 4.78 is 14.3. The molecule has 1 aromatic heterocycles. The van der Waals surface area contributed by atoms with Crippen molar-refractivity contribution >= 4 is 84.2 Å². The molecule has 1 atom stereocenters. The average molecular weight is 724 g/mol. The molecule has 0 aliphatic rings. The van der Waals surface area contributed by atoms with Crippen LogP contribution < -0.4 is 10.3 Å². The lowest BCUT2D eigenvalue weighted by Crippen LogP contribution is -2.25. The fraction of sp³-hybridized carbons (Fsp3) is 0.273. The number of carbonyl (C=O) groups excluding carboxylic acids is 1. The first kappa shape index (κ1) is 25.1. The standard InChI is InChI=1S/C22H20BrI2N3O4/c1-4-5-19-27-18-7-6-14(23)10-15(18)21(29)28(19)26-11-13-8-16(24)20(17(25)9-13)32-12(2)22(30)31-3/h6-12H,4-5H2,1-3H3/t12-/m0/s1. The first-order chi connectivity index (χ1) is 15.2. The zero-order valence-electron chi connectivity index (χ0n) is 17.6. The number of halogens is 3. The molecule has 0 saturated carbocycles. The molecule has 7 nitrogen and oxygen atoms in total. The number of hydrogen-bond acceptors (Lipinski definition) is 6. The van der Waals surface area contributed by atoms with Crippen molar-refractivity contribution in [2.24, 2.45) is 5.10 Å². The van der Waals surface area contributed by atoms with Gasteiger partial charge in [0.2, 0.25) is 0 Å². The van der Waals surface area contributed by atoms with Gasteiger partial charge in [0.05, 0.1) is 31.4 Å². The van der Waals surface area contributed by atoms with E-state index in [1.165, 1.54) is 11.8 Å². The number of ether oxygens (including phenoxy) is 2. The van der Waals surface area contributed by atoms with Gasteiger partial charge in [0.25, 0.3) is 5.56 Å². The Morgan fingerprint density at radius 2 is 1.97 bits per heavy atom. The number of esters is 1. The van der Waals surface area contributed by atoms with Gasteiger partial charge in [-0.05, 0) is 94.4 Å². The van der Waals surface area contributed by atoms with Gasteiger partial charge < -0.3 is 9.47 Å². The highest BCUT2D eigenvalue weighted by Gasteiger charge is 2.18. The van der Waals surface area contributed by atoms with Gasteiger partial charge in [-0.2, -0.15) is 9.78 Å². The number of aromatic nitrogens is 2. The van der Waals surface area contributed by atoms with Crippen molar-refractivity contribution in [3.63, 3.8) is 0 Å². The molecule has 0 bridgehead atoms. The van der Waals surface area contributed by atoms with Gasteiger partial charge in [-0.25, -0.2) is 9.78 Å². The first-order valence-electron chi connectivity index (χ1n) is 9.74. The lowest BCUT2D eigenvalue weighted by Gasteiger charge is -2.15. The predicted molar refractivity (Wildman–Crippen MR) is 145 cm³/mol. The predicted octanol–water partition coefficient (Wildman–Crippen LogP) is 5.14. The zero-order chi connectivity index (χ0) is 23.4. The quantitative estimate of drug-likeness (QED) is 0.192. The van der Waals surface area contributed by atoms with E-state index in [1.54, 1.807) is 19.2 Å². The fourth-order valence-corrected chi connectivity index (χ4v) is 5.41. The largest absolute Gasteiger partial charge is 0.477 e. The van der Waals surface area contributed by atoms with Crippen molar-refractivity contribution in [2.75, 3.05) is 7.11 Å². The number of aryl methyl sites for hydroxylation is 1. The van der Waals surface area contributed by atoms with E-state index in [-0.39, 0.29) is 5.56 Å². The lowest BCUT2D eigenvalue weighted by molar-refractivity contribution is -0.147. The molecule has 0 aliphatic heterocycles. The van der Waals surface area contributed by atoms with E-state index >= 15 is 0 Å². The number of methoxy groups -OCH3 is 1. The number of hydrogen-bond donors (Lipinski definition) is 0. The van der Waals surface area contributed by atoms with Crippen molar-refractivity contribution in [2.45, 2.75) is 32.8 Å². The van der Waals surface area contributed by atoms with Gasteiger partial charge in [-0.1, -0.05) is 22.9 Å². The van der Waals surface area contributed by atoms with Gasteiger partial charge in [0, 0.05) is 10.9 Å². The van der Waals surface area contributed by atoms with Crippen molar-refractivity contribution in [1.29, 1.82) is 0 Å². The molecule has 0 fully saturated rings. The molecule has 168 valence electrons. The summed E-state index contributed by atoms with van der Waals surface area (Å²) in [5.41, 5.74) is 1.23. The van der Waals surface area contributed by atoms with E-state index in [4.69, 9.17) is 9.47 Å². The maximum absolute atomic E-state index is 13.1. The van der Waals surface area contributed by atoms with E-state index < -0.39 is 12.1 Å². The molecular weight excluding hydrogens is 704 g/mol. The van der Waals surface area contributed by atoms with E-state index in [0.717, 1.165) is 23.6 Å². The second-order valence-corrected chi connectivity index (χ2v) is 10.1. The highest BCUT2D eigenvalue weighted by atomic mass is 127. The molecule has 0 aliphatic carbocycles.